The Hall–Kier alpha value is -2.53. The van der Waals surface area contributed by atoms with E-state index < -0.39 is 5.97 Å². The standard InChI is InChI=1S/C29H38O5/c1-29(2)13-5-8-26(29)25-16-20(9-12-27(25)33-15-14-32-3)19-34-23-11-10-21-6-4-7-22(17-28(30)31)24(21)18-23/h9-12,16,18,22,26H,4-8,13-15,17,19H2,1-3H3,(H,30,31). The highest BCUT2D eigenvalue weighted by Gasteiger charge is 2.37. The number of methoxy groups -OCH3 is 1. The molecule has 2 aliphatic rings. The van der Waals surface area contributed by atoms with Crippen molar-refractivity contribution in [2.24, 2.45) is 5.41 Å². The van der Waals surface area contributed by atoms with Crippen LogP contribution in [0.25, 0.3) is 0 Å². The molecular weight excluding hydrogens is 428 g/mol. The normalized spacial score (nSPS) is 21.1. The average Bonchev–Trinajstić information content (AvgIpc) is 3.17. The van der Waals surface area contributed by atoms with Gasteiger partial charge in [-0.2, -0.15) is 0 Å². The lowest BCUT2D eigenvalue weighted by Gasteiger charge is -2.29. The summed E-state index contributed by atoms with van der Waals surface area (Å²) in [4.78, 5) is 11.3. The summed E-state index contributed by atoms with van der Waals surface area (Å²) in [6, 6.07) is 12.6. The lowest BCUT2D eigenvalue weighted by atomic mass is 9.77. The maximum Gasteiger partial charge on any atom is 0.303 e. The lowest BCUT2D eigenvalue weighted by Crippen LogP contribution is -2.17. The van der Waals surface area contributed by atoms with Crippen LogP contribution in [0.5, 0.6) is 11.5 Å². The van der Waals surface area contributed by atoms with Crippen LogP contribution in [-0.4, -0.2) is 31.4 Å². The van der Waals surface area contributed by atoms with Crippen LogP contribution in [0.3, 0.4) is 0 Å². The fourth-order valence-electron chi connectivity index (χ4n) is 5.78. The number of rotatable bonds is 10. The Bertz CT molecular complexity index is 996. The molecule has 0 spiro atoms. The summed E-state index contributed by atoms with van der Waals surface area (Å²) in [7, 11) is 1.69. The molecule has 4 rings (SSSR count). The Labute approximate surface area is 203 Å². The van der Waals surface area contributed by atoms with Gasteiger partial charge in [0, 0.05) is 7.11 Å². The van der Waals surface area contributed by atoms with Crippen molar-refractivity contribution in [3.8, 4) is 11.5 Å². The second-order valence-corrected chi connectivity index (χ2v) is 10.5. The number of carboxylic acids is 1. The van der Waals surface area contributed by atoms with Crippen molar-refractivity contribution in [2.45, 2.75) is 77.2 Å². The van der Waals surface area contributed by atoms with E-state index in [1.165, 1.54) is 30.4 Å². The quantitative estimate of drug-likeness (QED) is 0.406. The highest BCUT2D eigenvalue weighted by molar-refractivity contribution is 5.68. The number of aliphatic carboxylic acids is 1. The number of carboxylic acid groups (broad SMARTS) is 1. The van der Waals surface area contributed by atoms with Gasteiger partial charge in [0.25, 0.3) is 0 Å². The first-order valence-corrected chi connectivity index (χ1v) is 12.6. The largest absolute Gasteiger partial charge is 0.491 e. The second-order valence-electron chi connectivity index (χ2n) is 10.5. The van der Waals surface area contributed by atoms with Gasteiger partial charge in [-0.15, -0.1) is 0 Å². The molecule has 0 radical (unpaired) electrons. The Morgan fingerprint density at radius 3 is 2.62 bits per heavy atom. The van der Waals surface area contributed by atoms with E-state index in [0.29, 0.717) is 25.7 Å². The van der Waals surface area contributed by atoms with E-state index in [9.17, 15) is 9.90 Å². The predicted molar refractivity (Wildman–Crippen MR) is 133 cm³/mol. The minimum atomic E-state index is -0.737. The van der Waals surface area contributed by atoms with Crippen molar-refractivity contribution in [3.63, 3.8) is 0 Å². The second kappa shape index (κ2) is 10.8. The van der Waals surface area contributed by atoms with Crippen LogP contribution in [0.4, 0.5) is 0 Å². The van der Waals surface area contributed by atoms with E-state index in [0.717, 1.165) is 41.9 Å². The van der Waals surface area contributed by atoms with Gasteiger partial charge in [-0.3, -0.25) is 4.79 Å². The molecule has 2 aromatic carbocycles. The van der Waals surface area contributed by atoms with Crippen molar-refractivity contribution in [1.82, 2.24) is 0 Å². The first-order chi connectivity index (χ1) is 16.4. The number of aryl methyl sites for hydroxylation is 1. The SMILES string of the molecule is COCCOc1ccc(COc2ccc3c(c2)C(CC(=O)O)CCC3)cc1C1CCCC1(C)C. The summed E-state index contributed by atoms with van der Waals surface area (Å²) in [5, 5.41) is 9.31. The van der Waals surface area contributed by atoms with Crippen LogP contribution in [0, 0.1) is 5.41 Å². The molecule has 34 heavy (non-hydrogen) atoms. The van der Waals surface area contributed by atoms with Crippen LogP contribution in [0.2, 0.25) is 0 Å². The fourth-order valence-corrected chi connectivity index (χ4v) is 5.78. The van der Waals surface area contributed by atoms with Crippen molar-refractivity contribution in [3.05, 3.63) is 58.7 Å². The third kappa shape index (κ3) is 5.75. The highest BCUT2D eigenvalue weighted by atomic mass is 16.5. The highest BCUT2D eigenvalue weighted by Crippen LogP contribution is 2.51. The number of benzene rings is 2. The molecule has 5 nitrogen and oxygen atoms in total. The van der Waals surface area contributed by atoms with Crippen molar-refractivity contribution in [1.29, 1.82) is 0 Å². The molecule has 0 saturated heterocycles. The van der Waals surface area contributed by atoms with Crippen molar-refractivity contribution < 1.29 is 24.1 Å². The van der Waals surface area contributed by atoms with E-state index in [4.69, 9.17) is 14.2 Å². The maximum atomic E-state index is 11.3. The molecule has 5 heteroatoms. The zero-order valence-corrected chi connectivity index (χ0v) is 20.8. The predicted octanol–water partition coefficient (Wildman–Crippen LogP) is 6.48. The van der Waals surface area contributed by atoms with Gasteiger partial charge in [-0.05, 0) is 95.9 Å². The van der Waals surface area contributed by atoms with Gasteiger partial charge >= 0.3 is 5.97 Å². The maximum absolute atomic E-state index is 11.3. The van der Waals surface area contributed by atoms with Crippen molar-refractivity contribution >= 4 is 5.97 Å². The number of carbonyl (C=O) groups is 1. The summed E-state index contributed by atoms with van der Waals surface area (Å²) < 4.78 is 17.5. The summed E-state index contributed by atoms with van der Waals surface area (Å²) in [6.07, 6.45) is 6.80. The van der Waals surface area contributed by atoms with Gasteiger partial charge in [0.05, 0.1) is 13.0 Å². The summed E-state index contributed by atoms with van der Waals surface area (Å²) in [5.74, 6) is 1.56. The summed E-state index contributed by atoms with van der Waals surface area (Å²) >= 11 is 0. The molecule has 2 atom stereocenters. The minimum Gasteiger partial charge on any atom is -0.491 e. The average molecular weight is 467 g/mol. The molecule has 1 saturated carbocycles. The molecule has 2 aromatic rings. The number of hydrogen-bond donors (Lipinski definition) is 1. The molecule has 0 heterocycles. The van der Waals surface area contributed by atoms with E-state index >= 15 is 0 Å². The third-order valence-electron chi connectivity index (χ3n) is 7.63. The van der Waals surface area contributed by atoms with Crippen LogP contribution in [-0.2, 0) is 22.6 Å². The van der Waals surface area contributed by atoms with Crippen molar-refractivity contribution in [2.75, 3.05) is 20.3 Å². The molecule has 1 N–H and O–H groups in total. The lowest BCUT2D eigenvalue weighted by molar-refractivity contribution is -0.137. The van der Waals surface area contributed by atoms with Crippen LogP contribution < -0.4 is 9.47 Å². The van der Waals surface area contributed by atoms with Gasteiger partial charge in [-0.25, -0.2) is 0 Å². The Balaban J connectivity index is 1.52. The fraction of sp³-hybridized carbons (Fsp3) is 0.552. The zero-order valence-electron chi connectivity index (χ0n) is 20.8. The first kappa shape index (κ1) is 24.6. The molecule has 2 unspecified atom stereocenters. The van der Waals surface area contributed by atoms with E-state index in [1.807, 2.05) is 6.07 Å². The number of fused-ring (bicyclic) bond motifs is 1. The summed E-state index contributed by atoms with van der Waals surface area (Å²) in [6.45, 7) is 6.29. The molecule has 0 aromatic heterocycles. The van der Waals surface area contributed by atoms with Crippen LogP contribution >= 0.6 is 0 Å². The summed E-state index contributed by atoms with van der Waals surface area (Å²) in [5.41, 5.74) is 5.04. The minimum absolute atomic E-state index is 0.0736. The Morgan fingerprint density at radius 1 is 1.03 bits per heavy atom. The van der Waals surface area contributed by atoms with Gasteiger partial charge in [0.15, 0.2) is 0 Å². The third-order valence-corrected chi connectivity index (χ3v) is 7.63. The van der Waals surface area contributed by atoms with Crippen LogP contribution in [0.15, 0.2) is 36.4 Å². The van der Waals surface area contributed by atoms with Crippen LogP contribution in [0.1, 0.15) is 86.5 Å². The molecule has 0 amide bonds. The number of ether oxygens (including phenoxy) is 3. The van der Waals surface area contributed by atoms with Gasteiger partial charge in [-0.1, -0.05) is 32.4 Å². The molecule has 2 aliphatic carbocycles. The smallest absolute Gasteiger partial charge is 0.303 e. The molecular formula is C29H38O5. The van der Waals surface area contributed by atoms with E-state index in [2.05, 4.69) is 44.2 Å². The first-order valence-electron chi connectivity index (χ1n) is 12.6. The number of hydrogen-bond acceptors (Lipinski definition) is 4. The van der Waals surface area contributed by atoms with Gasteiger partial charge in [0.1, 0.15) is 24.7 Å². The Morgan fingerprint density at radius 2 is 1.88 bits per heavy atom. The van der Waals surface area contributed by atoms with E-state index in [-0.39, 0.29) is 17.8 Å². The monoisotopic (exact) mass is 466 g/mol. The van der Waals surface area contributed by atoms with Gasteiger partial charge < -0.3 is 19.3 Å². The molecule has 1 fully saturated rings. The molecule has 184 valence electrons. The Kier molecular flexibility index (Phi) is 7.82. The molecule has 0 bridgehead atoms. The topological polar surface area (TPSA) is 65.0 Å². The van der Waals surface area contributed by atoms with E-state index in [1.54, 1.807) is 7.11 Å². The zero-order chi connectivity index (χ0) is 24.1. The molecule has 0 aliphatic heterocycles. The van der Waals surface area contributed by atoms with Gasteiger partial charge in [0.2, 0.25) is 0 Å².